The second-order valence-corrected chi connectivity index (χ2v) is 3.07. The zero-order valence-electron chi connectivity index (χ0n) is 6.00. The van der Waals surface area contributed by atoms with E-state index >= 15 is 0 Å². The molecule has 54 valence electrons. The van der Waals surface area contributed by atoms with E-state index in [1.54, 1.807) is 0 Å². The topological polar surface area (TPSA) is 17.1 Å². The molecule has 0 rings (SSSR count). The van der Waals surface area contributed by atoms with Crippen LogP contribution >= 0.6 is 12.6 Å². The Balaban J connectivity index is 3.42. The summed E-state index contributed by atoms with van der Waals surface area (Å²) in [6.45, 7) is 4.22. The molecule has 0 aromatic carbocycles. The molecule has 0 aromatic rings. The van der Waals surface area contributed by atoms with Crippen molar-refractivity contribution in [3.05, 3.63) is 0 Å². The van der Waals surface area contributed by atoms with Crippen LogP contribution in [0.1, 0.15) is 20.3 Å². The van der Waals surface area contributed by atoms with E-state index in [-0.39, 0.29) is 5.92 Å². The number of hydrogen-bond donors (Lipinski definition) is 1. The first-order valence-corrected chi connectivity index (χ1v) is 3.90. The van der Waals surface area contributed by atoms with E-state index in [9.17, 15) is 4.79 Å². The Hall–Kier alpha value is 0.0200. The maximum atomic E-state index is 10.2. The molecule has 0 radical (unpaired) electrons. The van der Waals surface area contributed by atoms with Crippen molar-refractivity contribution >= 4 is 18.9 Å². The van der Waals surface area contributed by atoms with Crippen LogP contribution in [0.15, 0.2) is 0 Å². The molecule has 1 atom stereocenters. The van der Waals surface area contributed by atoms with E-state index in [1.807, 2.05) is 0 Å². The number of rotatable bonds is 4. The summed E-state index contributed by atoms with van der Waals surface area (Å²) in [5.41, 5.74) is 0. The first kappa shape index (κ1) is 9.02. The molecule has 0 aliphatic rings. The maximum absolute atomic E-state index is 10.2. The summed E-state index contributed by atoms with van der Waals surface area (Å²) in [6.07, 6.45) is 1.96. The van der Waals surface area contributed by atoms with Crippen molar-refractivity contribution in [1.29, 1.82) is 0 Å². The summed E-state index contributed by atoms with van der Waals surface area (Å²) in [4.78, 5) is 10.2. The minimum atomic E-state index is 0.160. The molecule has 0 bridgehead atoms. The number of aldehydes is 1. The average molecular weight is 146 g/mol. The molecule has 0 N–H and O–H groups in total. The van der Waals surface area contributed by atoms with E-state index in [1.165, 1.54) is 0 Å². The Labute approximate surface area is 62.2 Å². The molecule has 0 aliphatic carbocycles. The van der Waals surface area contributed by atoms with Crippen molar-refractivity contribution in [3.63, 3.8) is 0 Å². The van der Waals surface area contributed by atoms with Crippen molar-refractivity contribution in [2.45, 2.75) is 20.3 Å². The van der Waals surface area contributed by atoms with Gasteiger partial charge < -0.3 is 4.79 Å². The van der Waals surface area contributed by atoms with Gasteiger partial charge in [0, 0.05) is 5.92 Å². The summed E-state index contributed by atoms with van der Waals surface area (Å²) in [5.74, 6) is 1.45. The van der Waals surface area contributed by atoms with Crippen LogP contribution < -0.4 is 0 Å². The van der Waals surface area contributed by atoms with Crippen molar-refractivity contribution in [1.82, 2.24) is 0 Å². The Bertz CT molecular complexity index is 81.0. The summed E-state index contributed by atoms with van der Waals surface area (Å²) in [6, 6.07) is 0. The highest BCUT2D eigenvalue weighted by Crippen LogP contribution is 2.09. The lowest BCUT2D eigenvalue weighted by atomic mass is 10.0. The zero-order chi connectivity index (χ0) is 7.28. The third kappa shape index (κ3) is 4.52. The number of thiol groups is 1. The van der Waals surface area contributed by atoms with Gasteiger partial charge in [0.05, 0.1) is 0 Å². The third-order valence-electron chi connectivity index (χ3n) is 1.20. The molecule has 0 amide bonds. The number of carbonyl (C=O) groups excluding carboxylic acids is 1. The fourth-order valence-electron chi connectivity index (χ4n) is 0.779. The van der Waals surface area contributed by atoms with Crippen molar-refractivity contribution in [2.24, 2.45) is 11.8 Å². The molecule has 0 fully saturated rings. The molecule has 9 heavy (non-hydrogen) atoms. The molecule has 0 aromatic heterocycles. The Morgan fingerprint density at radius 2 is 2.11 bits per heavy atom. The third-order valence-corrected chi connectivity index (χ3v) is 1.67. The Morgan fingerprint density at radius 3 is 2.22 bits per heavy atom. The van der Waals surface area contributed by atoms with Gasteiger partial charge >= 0.3 is 0 Å². The highest BCUT2D eigenvalue weighted by atomic mass is 32.1. The van der Waals surface area contributed by atoms with Crippen LogP contribution in [0.3, 0.4) is 0 Å². The van der Waals surface area contributed by atoms with E-state index in [4.69, 9.17) is 0 Å². The molecule has 0 saturated carbocycles. The summed E-state index contributed by atoms with van der Waals surface area (Å²) in [7, 11) is 0. The van der Waals surface area contributed by atoms with Gasteiger partial charge in [-0.3, -0.25) is 0 Å². The molecule has 0 saturated heterocycles. The normalized spacial score (nSPS) is 13.8. The zero-order valence-corrected chi connectivity index (χ0v) is 6.90. The standard InChI is InChI=1S/C7H14OS/c1-6(2)3-7(4-8)5-9/h4,6-7,9H,3,5H2,1-2H3/t7-/m1/s1. The number of carbonyl (C=O) groups is 1. The van der Waals surface area contributed by atoms with Gasteiger partial charge in [-0.1, -0.05) is 13.8 Å². The second kappa shape index (κ2) is 4.86. The van der Waals surface area contributed by atoms with E-state index < -0.39 is 0 Å². The first-order chi connectivity index (χ1) is 4.20. The lowest BCUT2D eigenvalue weighted by Gasteiger charge is -2.08. The van der Waals surface area contributed by atoms with Crippen LogP contribution in [0, 0.1) is 11.8 Å². The monoisotopic (exact) mass is 146 g/mol. The SMILES string of the molecule is CC(C)C[C@H](C=O)CS. The smallest absolute Gasteiger partial charge is 0.123 e. The van der Waals surface area contributed by atoms with Crippen LogP contribution in [-0.4, -0.2) is 12.0 Å². The minimum absolute atomic E-state index is 0.160. The van der Waals surface area contributed by atoms with Crippen molar-refractivity contribution in [2.75, 3.05) is 5.75 Å². The summed E-state index contributed by atoms with van der Waals surface area (Å²) >= 11 is 4.04. The summed E-state index contributed by atoms with van der Waals surface area (Å²) < 4.78 is 0. The fraction of sp³-hybridized carbons (Fsp3) is 0.857. The second-order valence-electron chi connectivity index (χ2n) is 2.71. The molecule has 0 heterocycles. The van der Waals surface area contributed by atoms with Crippen LogP contribution in [-0.2, 0) is 4.79 Å². The maximum Gasteiger partial charge on any atom is 0.123 e. The fourth-order valence-corrected chi connectivity index (χ4v) is 1.01. The largest absolute Gasteiger partial charge is 0.303 e. The van der Waals surface area contributed by atoms with Gasteiger partial charge in [0.1, 0.15) is 6.29 Å². The minimum Gasteiger partial charge on any atom is -0.303 e. The van der Waals surface area contributed by atoms with Gasteiger partial charge in [-0.25, -0.2) is 0 Å². The van der Waals surface area contributed by atoms with Gasteiger partial charge in [-0.05, 0) is 18.1 Å². The average Bonchev–Trinajstić information content (AvgIpc) is 1.82. The number of hydrogen-bond acceptors (Lipinski definition) is 2. The lowest BCUT2D eigenvalue weighted by Crippen LogP contribution is -2.06. The first-order valence-electron chi connectivity index (χ1n) is 3.26. The van der Waals surface area contributed by atoms with Gasteiger partial charge in [-0.15, -0.1) is 0 Å². The van der Waals surface area contributed by atoms with E-state index in [0.717, 1.165) is 12.7 Å². The van der Waals surface area contributed by atoms with Crippen LogP contribution in [0.25, 0.3) is 0 Å². The lowest BCUT2D eigenvalue weighted by molar-refractivity contribution is -0.110. The van der Waals surface area contributed by atoms with Crippen molar-refractivity contribution < 1.29 is 4.79 Å². The van der Waals surface area contributed by atoms with Gasteiger partial charge in [0.15, 0.2) is 0 Å². The van der Waals surface area contributed by atoms with Gasteiger partial charge in [0.2, 0.25) is 0 Å². The predicted molar refractivity (Wildman–Crippen MR) is 42.9 cm³/mol. The molecule has 0 spiro atoms. The van der Waals surface area contributed by atoms with Gasteiger partial charge in [-0.2, -0.15) is 12.6 Å². The molecular weight excluding hydrogens is 132 g/mol. The van der Waals surface area contributed by atoms with Gasteiger partial charge in [0.25, 0.3) is 0 Å². The Morgan fingerprint density at radius 1 is 1.56 bits per heavy atom. The summed E-state index contributed by atoms with van der Waals surface area (Å²) in [5, 5.41) is 0. The molecular formula is C7H14OS. The van der Waals surface area contributed by atoms with Crippen LogP contribution in [0.4, 0.5) is 0 Å². The Kier molecular flexibility index (Phi) is 4.87. The molecule has 0 unspecified atom stereocenters. The van der Waals surface area contributed by atoms with Crippen LogP contribution in [0.2, 0.25) is 0 Å². The van der Waals surface area contributed by atoms with E-state index in [2.05, 4.69) is 26.5 Å². The van der Waals surface area contributed by atoms with Crippen LogP contribution in [0.5, 0.6) is 0 Å². The quantitative estimate of drug-likeness (QED) is 0.472. The highest BCUT2D eigenvalue weighted by molar-refractivity contribution is 7.80. The molecule has 1 nitrogen and oxygen atoms in total. The van der Waals surface area contributed by atoms with Crippen molar-refractivity contribution in [3.8, 4) is 0 Å². The highest BCUT2D eigenvalue weighted by Gasteiger charge is 2.05. The predicted octanol–water partition coefficient (Wildman–Crippen LogP) is 1.78. The van der Waals surface area contributed by atoms with E-state index in [0.29, 0.717) is 11.7 Å². The molecule has 2 heteroatoms. The molecule has 0 aliphatic heterocycles.